The molecule has 0 spiro atoms. The number of benzene rings is 3. The molecule has 33 heavy (non-hydrogen) atoms. The first-order chi connectivity index (χ1) is 16.2. The molecule has 1 fully saturated rings. The third kappa shape index (κ3) is 4.91. The molecule has 0 bridgehead atoms. The van der Waals surface area contributed by atoms with Crippen LogP contribution < -0.4 is 15.8 Å². The molecule has 1 amide bonds. The van der Waals surface area contributed by atoms with E-state index in [4.69, 9.17) is 10.5 Å². The Morgan fingerprint density at radius 1 is 1.09 bits per heavy atom. The van der Waals surface area contributed by atoms with Crippen molar-refractivity contribution in [1.29, 1.82) is 0 Å². The summed E-state index contributed by atoms with van der Waals surface area (Å²) >= 11 is 0. The first-order valence-corrected chi connectivity index (χ1v) is 11.5. The van der Waals surface area contributed by atoms with Crippen molar-refractivity contribution in [1.82, 2.24) is 15.3 Å². The fourth-order valence-electron chi connectivity index (χ4n) is 4.51. The van der Waals surface area contributed by atoms with Crippen LogP contribution in [-0.4, -0.2) is 35.1 Å². The fraction of sp³-hybridized carbons (Fsp3) is 0.259. The predicted octanol–water partition coefficient (Wildman–Crippen LogP) is 4.32. The number of imidazole rings is 1. The first kappa shape index (κ1) is 21.2. The summed E-state index contributed by atoms with van der Waals surface area (Å²) in [6, 6.07) is 23.8. The summed E-state index contributed by atoms with van der Waals surface area (Å²) in [5.74, 6) is 1.63. The Balaban J connectivity index is 1.35. The molecule has 0 radical (unpaired) electrons. The van der Waals surface area contributed by atoms with Crippen molar-refractivity contribution < 1.29 is 9.53 Å². The van der Waals surface area contributed by atoms with E-state index in [2.05, 4.69) is 39.6 Å². The SMILES string of the molecule is NC(=O)c1ccc2nc(-c3ccc(OC(Cc4ccccc4)C4CCCNC4)cc3)[nH]c2c1. The number of amides is 1. The lowest BCUT2D eigenvalue weighted by Gasteiger charge is -2.31. The number of aromatic amines is 1. The second-order valence-electron chi connectivity index (χ2n) is 8.66. The van der Waals surface area contributed by atoms with Gasteiger partial charge in [-0.05, 0) is 67.4 Å². The Kier molecular flexibility index (Phi) is 6.09. The highest BCUT2D eigenvalue weighted by molar-refractivity contribution is 5.96. The number of fused-ring (bicyclic) bond motifs is 1. The summed E-state index contributed by atoms with van der Waals surface area (Å²) in [7, 11) is 0. The molecule has 2 heterocycles. The first-order valence-electron chi connectivity index (χ1n) is 11.5. The van der Waals surface area contributed by atoms with E-state index in [1.165, 1.54) is 18.4 Å². The topological polar surface area (TPSA) is 93.0 Å². The largest absolute Gasteiger partial charge is 0.490 e. The number of nitrogens with two attached hydrogens (primary N) is 1. The van der Waals surface area contributed by atoms with Gasteiger partial charge in [0.1, 0.15) is 17.7 Å². The van der Waals surface area contributed by atoms with Crippen molar-refractivity contribution in [2.24, 2.45) is 11.7 Å². The number of hydrogen-bond donors (Lipinski definition) is 3. The van der Waals surface area contributed by atoms with E-state index < -0.39 is 5.91 Å². The molecule has 1 aliphatic rings. The minimum Gasteiger partial charge on any atom is -0.490 e. The number of H-pyrrole nitrogens is 1. The summed E-state index contributed by atoms with van der Waals surface area (Å²) in [6.45, 7) is 2.07. The molecular weight excluding hydrogens is 412 g/mol. The molecule has 2 unspecified atom stereocenters. The molecular formula is C27H28N4O2. The summed E-state index contributed by atoms with van der Waals surface area (Å²) < 4.78 is 6.53. The third-order valence-electron chi connectivity index (χ3n) is 6.32. The highest BCUT2D eigenvalue weighted by Crippen LogP contribution is 2.27. The van der Waals surface area contributed by atoms with Crippen molar-refractivity contribution in [2.75, 3.05) is 13.1 Å². The minimum absolute atomic E-state index is 0.115. The zero-order chi connectivity index (χ0) is 22.6. The van der Waals surface area contributed by atoms with E-state index in [0.29, 0.717) is 11.5 Å². The van der Waals surface area contributed by atoms with Gasteiger partial charge >= 0.3 is 0 Å². The van der Waals surface area contributed by atoms with Gasteiger partial charge in [-0.3, -0.25) is 4.79 Å². The van der Waals surface area contributed by atoms with Crippen molar-refractivity contribution in [3.63, 3.8) is 0 Å². The molecule has 168 valence electrons. The number of ether oxygens (including phenoxy) is 1. The molecule has 1 aliphatic heterocycles. The van der Waals surface area contributed by atoms with E-state index in [1.54, 1.807) is 18.2 Å². The van der Waals surface area contributed by atoms with Crippen LogP contribution in [0.3, 0.4) is 0 Å². The lowest BCUT2D eigenvalue weighted by Crippen LogP contribution is -2.40. The summed E-state index contributed by atoms with van der Waals surface area (Å²) in [4.78, 5) is 19.4. The molecule has 4 N–H and O–H groups in total. The maximum atomic E-state index is 11.4. The highest BCUT2D eigenvalue weighted by atomic mass is 16.5. The molecule has 1 aromatic heterocycles. The smallest absolute Gasteiger partial charge is 0.248 e. The molecule has 2 atom stereocenters. The number of hydrogen-bond acceptors (Lipinski definition) is 4. The standard InChI is InChI=1S/C27H28N4O2/c28-26(32)20-10-13-23-24(16-20)31-27(30-23)19-8-11-22(12-9-19)33-25(21-7-4-14-29-17-21)15-18-5-2-1-3-6-18/h1-3,5-6,8-13,16,21,25,29H,4,7,14-15,17H2,(H2,28,32)(H,30,31). The van der Waals surface area contributed by atoms with E-state index in [1.807, 2.05) is 30.3 Å². The Bertz CT molecular complexity index is 1230. The second-order valence-corrected chi connectivity index (χ2v) is 8.66. The molecule has 5 rings (SSSR count). The Hall–Kier alpha value is -3.64. The van der Waals surface area contributed by atoms with Gasteiger partial charge in [-0.15, -0.1) is 0 Å². The lowest BCUT2D eigenvalue weighted by atomic mass is 9.89. The molecule has 3 aromatic carbocycles. The number of nitrogens with one attached hydrogen (secondary N) is 2. The van der Waals surface area contributed by atoms with Crippen LogP contribution >= 0.6 is 0 Å². The van der Waals surface area contributed by atoms with Gasteiger partial charge in [-0.1, -0.05) is 30.3 Å². The van der Waals surface area contributed by atoms with Crippen molar-refractivity contribution >= 4 is 16.9 Å². The highest BCUT2D eigenvalue weighted by Gasteiger charge is 2.25. The summed E-state index contributed by atoms with van der Waals surface area (Å²) in [5, 5.41) is 3.52. The van der Waals surface area contributed by atoms with Gasteiger partial charge in [0.15, 0.2) is 0 Å². The molecule has 6 heteroatoms. The monoisotopic (exact) mass is 440 g/mol. The van der Waals surface area contributed by atoms with Crippen LogP contribution in [0.4, 0.5) is 0 Å². The quantitative estimate of drug-likeness (QED) is 0.399. The number of piperidine rings is 1. The van der Waals surface area contributed by atoms with Crippen LogP contribution in [0.25, 0.3) is 22.4 Å². The number of carbonyl (C=O) groups excluding carboxylic acids is 1. The maximum Gasteiger partial charge on any atom is 0.248 e. The molecule has 0 aliphatic carbocycles. The van der Waals surface area contributed by atoms with E-state index in [9.17, 15) is 4.79 Å². The van der Waals surface area contributed by atoms with E-state index >= 15 is 0 Å². The predicted molar refractivity (Wildman–Crippen MR) is 130 cm³/mol. The van der Waals surface area contributed by atoms with Gasteiger partial charge in [0.25, 0.3) is 0 Å². The zero-order valence-corrected chi connectivity index (χ0v) is 18.5. The van der Waals surface area contributed by atoms with Crippen LogP contribution in [-0.2, 0) is 6.42 Å². The van der Waals surface area contributed by atoms with E-state index in [-0.39, 0.29) is 6.10 Å². The van der Waals surface area contributed by atoms with Crippen LogP contribution in [0.1, 0.15) is 28.8 Å². The molecule has 6 nitrogen and oxygen atoms in total. The van der Waals surface area contributed by atoms with Gasteiger partial charge in [0, 0.05) is 30.0 Å². The van der Waals surface area contributed by atoms with Crippen molar-refractivity contribution in [3.8, 4) is 17.1 Å². The van der Waals surface area contributed by atoms with Crippen LogP contribution in [0.5, 0.6) is 5.75 Å². The third-order valence-corrected chi connectivity index (χ3v) is 6.32. The number of nitrogens with zero attached hydrogens (tertiary/aromatic N) is 1. The number of aromatic nitrogens is 2. The van der Waals surface area contributed by atoms with Crippen LogP contribution in [0, 0.1) is 5.92 Å². The normalized spacial score (nSPS) is 17.0. The zero-order valence-electron chi connectivity index (χ0n) is 18.5. The van der Waals surface area contributed by atoms with Crippen LogP contribution in [0.15, 0.2) is 72.8 Å². The molecule has 1 saturated heterocycles. The lowest BCUT2D eigenvalue weighted by molar-refractivity contribution is 0.100. The van der Waals surface area contributed by atoms with Gasteiger partial charge in [0.05, 0.1) is 11.0 Å². The Morgan fingerprint density at radius 2 is 1.91 bits per heavy atom. The number of carbonyl (C=O) groups is 1. The number of rotatable bonds is 7. The Labute approximate surface area is 193 Å². The van der Waals surface area contributed by atoms with Gasteiger partial charge in [-0.25, -0.2) is 4.98 Å². The average molecular weight is 441 g/mol. The average Bonchev–Trinajstić information content (AvgIpc) is 3.29. The Morgan fingerprint density at radius 3 is 2.64 bits per heavy atom. The number of primary amides is 1. The summed E-state index contributed by atoms with van der Waals surface area (Å²) in [5.41, 5.74) is 9.68. The van der Waals surface area contributed by atoms with Gasteiger partial charge < -0.3 is 20.8 Å². The van der Waals surface area contributed by atoms with Crippen molar-refractivity contribution in [2.45, 2.75) is 25.4 Å². The maximum absolute atomic E-state index is 11.4. The van der Waals surface area contributed by atoms with Gasteiger partial charge in [-0.2, -0.15) is 0 Å². The summed E-state index contributed by atoms with van der Waals surface area (Å²) in [6.07, 6.45) is 3.36. The second kappa shape index (κ2) is 9.46. The molecule has 4 aromatic rings. The van der Waals surface area contributed by atoms with E-state index in [0.717, 1.165) is 47.7 Å². The molecule has 0 saturated carbocycles. The van der Waals surface area contributed by atoms with Gasteiger partial charge in [0.2, 0.25) is 5.91 Å². The van der Waals surface area contributed by atoms with Crippen LogP contribution in [0.2, 0.25) is 0 Å². The van der Waals surface area contributed by atoms with Crippen molar-refractivity contribution in [3.05, 3.63) is 83.9 Å². The fourth-order valence-corrected chi connectivity index (χ4v) is 4.51. The minimum atomic E-state index is -0.451.